The summed E-state index contributed by atoms with van der Waals surface area (Å²) in [6.45, 7) is 18.1. The molecule has 1 atom stereocenters. The first-order valence-corrected chi connectivity index (χ1v) is 17.2. The van der Waals surface area contributed by atoms with Gasteiger partial charge in [0.25, 0.3) is 0 Å². The first-order chi connectivity index (χ1) is 23.1. The summed E-state index contributed by atoms with van der Waals surface area (Å²) in [5, 5.41) is 2.16. The van der Waals surface area contributed by atoms with Crippen molar-refractivity contribution < 1.29 is 4.42 Å². The van der Waals surface area contributed by atoms with E-state index in [-0.39, 0.29) is 6.17 Å². The molecule has 48 heavy (non-hydrogen) atoms. The molecule has 4 heterocycles. The van der Waals surface area contributed by atoms with E-state index < -0.39 is 5.54 Å². The van der Waals surface area contributed by atoms with Crippen molar-refractivity contribution in [2.24, 2.45) is 0 Å². The van der Waals surface area contributed by atoms with E-state index in [9.17, 15) is 0 Å². The minimum Gasteiger partial charge on any atom is -0.438 e. The molecule has 0 saturated carbocycles. The van der Waals surface area contributed by atoms with Crippen molar-refractivity contribution in [3.8, 4) is 5.69 Å². The molecule has 242 valence electrons. The summed E-state index contributed by atoms with van der Waals surface area (Å²) in [6, 6.07) is 34.7. The number of nitrogens with zero attached hydrogens (tertiary/aromatic N) is 5. The molecule has 7 aromatic rings. The number of furan rings is 1. The van der Waals surface area contributed by atoms with Crippen LogP contribution in [0, 0.1) is 6.92 Å². The number of imidazole rings is 1. The van der Waals surface area contributed by atoms with Gasteiger partial charge in [0.2, 0.25) is 11.7 Å². The second kappa shape index (κ2) is 11.0. The van der Waals surface area contributed by atoms with Crippen LogP contribution < -0.4 is 9.80 Å². The number of hydrogen-bond acceptors (Lipinski definition) is 5. The third kappa shape index (κ3) is 4.38. The van der Waals surface area contributed by atoms with Gasteiger partial charge in [-0.1, -0.05) is 82.3 Å². The highest BCUT2D eigenvalue weighted by molar-refractivity contribution is 6.06. The summed E-state index contributed by atoms with van der Waals surface area (Å²) in [7, 11) is 0. The standard InChI is InChI=1S/C42H43N5O/c1-25(2)29-15-13-16-30(26(3)4)39(29)46-34-19-10-9-18-33(34)44-41(46)45-28(6)47(36-21-12-11-20-35(36)45)42(7,8)32-17-14-22-37-38(32)31-24-23-27(5)43-40(31)48-37/h9-26,28H,1-8H3/t28-/m1/s1. The van der Waals surface area contributed by atoms with E-state index in [1.54, 1.807) is 0 Å². The van der Waals surface area contributed by atoms with Gasteiger partial charge in [-0.05, 0) is 98.7 Å². The van der Waals surface area contributed by atoms with E-state index in [2.05, 4.69) is 160 Å². The number of aryl methyl sites for hydroxylation is 1. The fourth-order valence-electron chi connectivity index (χ4n) is 8.04. The first-order valence-electron chi connectivity index (χ1n) is 17.2. The van der Waals surface area contributed by atoms with Crippen molar-refractivity contribution in [3.63, 3.8) is 0 Å². The van der Waals surface area contributed by atoms with Gasteiger partial charge >= 0.3 is 0 Å². The first kappa shape index (κ1) is 30.2. The van der Waals surface area contributed by atoms with Crippen LogP contribution in [0.1, 0.15) is 82.7 Å². The molecule has 0 fully saturated rings. The van der Waals surface area contributed by atoms with Crippen molar-refractivity contribution >= 4 is 50.4 Å². The van der Waals surface area contributed by atoms with Gasteiger partial charge in [-0.25, -0.2) is 9.97 Å². The summed E-state index contributed by atoms with van der Waals surface area (Å²) in [5.41, 5.74) is 11.6. The molecule has 0 saturated heterocycles. The molecule has 0 aliphatic carbocycles. The van der Waals surface area contributed by atoms with Crippen LogP contribution in [-0.4, -0.2) is 20.7 Å². The average molecular weight is 634 g/mol. The van der Waals surface area contributed by atoms with E-state index in [1.807, 2.05) is 6.92 Å². The molecule has 3 aromatic heterocycles. The molecule has 0 amide bonds. The second-order valence-electron chi connectivity index (χ2n) is 14.3. The fraction of sp³-hybridized carbons (Fsp3) is 0.286. The lowest BCUT2D eigenvalue weighted by atomic mass is 9.88. The lowest BCUT2D eigenvalue weighted by Gasteiger charge is -2.42. The maximum absolute atomic E-state index is 6.32. The Morgan fingerprint density at radius 3 is 2.12 bits per heavy atom. The average Bonchev–Trinajstić information content (AvgIpc) is 3.72. The number of aromatic nitrogens is 3. The van der Waals surface area contributed by atoms with Crippen molar-refractivity contribution in [1.82, 2.24) is 14.5 Å². The lowest BCUT2D eigenvalue weighted by molar-refractivity contribution is 0.449. The van der Waals surface area contributed by atoms with Crippen LogP contribution in [0.5, 0.6) is 0 Å². The topological polar surface area (TPSA) is 50.3 Å². The fourth-order valence-corrected chi connectivity index (χ4v) is 8.04. The van der Waals surface area contributed by atoms with E-state index in [0.29, 0.717) is 17.5 Å². The summed E-state index contributed by atoms with van der Waals surface area (Å²) < 4.78 is 8.76. The molecule has 0 unspecified atom stereocenters. The van der Waals surface area contributed by atoms with E-state index >= 15 is 0 Å². The van der Waals surface area contributed by atoms with E-state index in [0.717, 1.165) is 44.7 Å². The zero-order chi connectivity index (χ0) is 33.5. The van der Waals surface area contributed by atoms with Gasteiger partial charge in [0.1, 0.15) is 11.7 Å². The maximum atomic E-state index is 6.32. The Kier molecular flexibility index (Phi) is 6.92. The third-order valence-corrected chi connectivity index (χ3v) is 10.2. The molecule has 8 rings (SSSR count). The van der Waals surface area contributed by atoms with Crippen LogP contribution in [0.15, 0.2) is 101 Å². The number of para-hydroxylation sites is 5. The molecule has 6 nitrogen and oxygen atoms in total. The molecular formula is C42H43N5O. The number of fused-ring (bicyclic) bond motifs is 5. The maximum Gasteiger partial charge on any atom is 0.227 e. The molecule has 4 aromatic carbocycles. The Morgan fingerprint density at radius 2 is 1.40 bits per heavy atom. The van der Waals surface area contributed by atoms with Crippen molar-refractivity contribution in [3.05, 3.63) is 119 Å². The number of hydrogen-bond donors (Lipinski definition) is 0. The molecular weight excluding hydrogens is 590 g/mol. The van der Waals surface area contributed by atoms with Gasteiger partial charge in [0.15, 0.2) is 0 Å². The Balaban J connectivity index is 1.37. The van der Waals surface area contributed by atoms with Crippen LogP contribution in [0.25, 0.3) is 38.8 Å². The van der Waals surface area contributed by atoms with Gasteiger partial charge in [0.05, 0.1) is 33.6 Å². The number of benzene rings is 4. The largest absolute Gasteiger partial charge is 0.438 e. The van der Waals surface area contributed by atoms with Gasteiger partial charge in [-0.15, -0.1) is 0 Å². The lowest BCUT2D eigenvalue weighted by Crippen LogP contribution is -2.49. The highest BCUT2D eigenvalue weighted by Gasteiger charge is 2.45. The predicted molar refractivity (Wildman–Crippen MR) is 199 cm³/mol. The number of rotatable bonds is 6. The van der Waals surface area contributed by atoms with Crippen LogP contribution in [0.2, 0.25) is 0 Å². The molecule has 0 radical (unpaired) electrons. The summed E-state index contributed by atoms with van der Waals surface area (Å²) >= 11 is 0. The normalized spacial score (nSPS) is 15.2. The zero-order valence-electron chi connectivity index (χ0n) is 29.1. The number of pyridine rings is 1. The highest BCUT2D eigenvalue weighted by Crippen LogP contribution is 2.52. The SMILES string of the molecule is Cc1ccc2c(n1)oc1cccc(C(C)(C)N3c4ccccc4N(c4nc5ccccc5n4-c4c(C(C)C)cccc4C(C)C)[C@H]3C)c12. The molecule has 1 aliphatic rings. The smallest absolute Gasteiger partial charge is 0.227 e. The summed E-state index contributed by atoms with van der Waals surface area (Å²) in [5.74, 6) is 1.61. The van der Waals surface area contributed by atoms with E-state index in [4.69, 9.17) is 14.4 Å². The van der Waals surface area contributed by atoms with Gasteiger partial charge < -0.3 is 9.32 Å². The predicted octanol–water partition coefficient (Wildman–Crippen LogP) is 11.1. The Bertz CT molecular complexity index is 2320. The monoisotopic (exact) mass is 633 g/mol. The summed E-state index contributed by atoms with van der Waals surface area (Å²) in [6.07, 6.45) is -0.0598. The Labute approximate surface area is 282 Å². The van der Waals surface area contributed by atoms with Gasteiger partial charge in [-0.2, -0.15) is 0 Å². The van der Waals surface area contributed by atoms with Crippen molar-refractivity contribution in [1.29, 1.82) is 0 Å². The second-order valence-corrected chi connectivity index (χ2v) is 14.3. The van der Waals surface area contributed by atoms with Gasteiger partial charge in [-0.3, -0.25) is 9.47 Å². The van der Waals surface area contributed by atoms with Crippen LogP contribution in [-0.2, 0) is 5.54 Å². The Hall–Kier alpha value is -5.10. The molecule has 1 aliphatic heterocycles. The van der Waals surface area contributed by atoms with Crippen molar-refractivity contribution in [2.45, 2.75) is 78.9 Å². The van der Waals surface area contributed by atoms with E-state index in [1.165, 1.54) is 28.1 Å². The molecule has 6 heteroatoms. The third-order valence-electron chi connectivity index (χ3n) is 10.2. The highest BCUT2D eigenvalue weighted by atomic mass is 16.3. The molecule has 0 spiro atoms. The van der Waals surface area contributed by atoms with Crippen LogP contribution in [0.3, 0.4) is 0 Å². The summed E-state index contributed by atoms with van der Waals surface area (Å²) in [4.78, 5) is 15.2. The van der Waals surface area contributed by atoms with Crippen LogP contribution >= 0.6 is 0 Å². The minimum atomic E-state index is -0.429. The molecule has 0 N–H and O–H groups in total. The van der Waals surface area contributed by atoms with Gasteiger partial charge in [0, 0.05) is 16.5 Å². The Morgan fingerprint density at radius 1 is 0.729 bits per heavy atom. The van der Waals surface area contributed by atoms with Crippen molar-refractivity contribution in [2.75, 3.05) is 9.80 Å². The molecule has 0 bridgehead atoms. The zero-order valence-corrected chi connectivity index (χ0v) is 29.1. The minimum absolute atomic E-state index is 0.0598. The number of anilines is 3. The van der Waals surface area contributed by atoms with Crippen LogP contribution in [0.4, 0.5) is 17.3 Å². The quantitative estimate of drug-likeness (QED) is 0.182.